The maximum Gasteiger partial charge on any atom is 0.314 e. The predicted octanol–water partition coefficient (Wildman–Crippen LogP) is 5.70. The molecule has 206 valence electrons. The highest BCUT2D eigenvalue weighted by Crippen LogP contribution is 2.76. The molecule has 0 heterocycles. The van der Waals surface area contributed by atoms with Gasteiger partial charge in [-0.15, -0.1) is 0 Å². The van der Waals surface area contributed by atoms with Crippen LogP contribution in [0.1, 0.15) is 86.0 Å². The van der Waals surface area contributed by atoms with Crippen molar-refractivity contribution in [3.8, 4) is 0 Å². The van der Waals surface area contributed by atoms with E-state index in [2.05, 4.69) is 40.3 Å². The molecule has 0 saturated heterocycles. The highest BCUT2D eigenvalue weighted by molar-refractivity contribution is 5.85. The molecule has 4 saturated carbocycles. The summed E-state index contributed by atoms with van der Waals surface area (Å²) in [5.41, 5.74) is -1.92. The van der Waals surface area contributed by atoms with Gasteiger partial charge in [0, 0.05) is 13.0 Å². The van der Waals surface area contributed by atoms with Crippen LogP contribution in [0.5, 0.6) is 0 Å². The van der Waals surface area contributed by atoms with Crippen molar-refractivity contribution in [2.75, 3.05) is 7.11 Å². The van der Waals surface area contributed by atoms with Crippen LogP contribution in [-0.2, 0) is 14.3 Å². The number of rotatable bonds is 3. The first-order chi connectivity index (χ1) is 17.2. The lowest BCUT2D eigenvalue weighted by Gasteiger charge is -2.70. The van der Waals surface area contributed by atoms with Gasteiger partial charge in [0.25, 0.3) is 0 Å². The Balaban J connectivity index is 1.70. The van der Waals surface area contributed by atoms with Gasteiger partial charge in [-0.3, -0.25) is 9.59 Å². The van der Waals surface area contributed by atoms with Crippen LogP contribution < -0.4 is 0 Å². The van der Waals surface area contributed by atoms with Crippen LogP contribution in [0.25, 0.3) is 0 Å². The summed E-state index contributed by atoms with van der Waals surface area (Å²) in [5.74, 6) is -2.00. The normalized spacial score (nSPS) is 50.6. The summed E-state index contributed by atoms with van der Waals surface area (Å²) in [4.78, 5) is 26.5. The highest BCUT2D eigenvalue weighted by atomic mass is 16.5. The Bertz CT molecular complexity index is 1060. The second kappa shape index (κ2) is 8.17. The Hall–Kier alpha value is -1.66. The van der Waals surface area contributed by atoms with E-state index in [1.54, 1.807) is 7.11 Å². The molecule has 6 heteroatoms. The fourth-order valence-corrected chi connectivity index (χ4v) is 11.0. The van der Waals surface area contributed by atoms with Crippen LogP contribution in [0.15, 0.2) is 23.8 Å². The molecular weight excluding hydrogens is 468 g/mol. The van der Waals surface area contributed by atoms with Gasteiger partial charge < -0.3 is 20.1 Å². The zero-order chi connectivity index (χ0) is 27.3. The summed E-state index contributed by atoms with van der Waals surface area (Å²) in [5, 5.41) is 33.4. The van der Waals surface area contributed by atoms with Gasteiger partial charge in [0.05, 0.1) is 17.6 Å². The smallest absolute Gasteiger partial charge is 0.314 e. The Morgan fingerprint density at radius 1 is 1.00 bits per heavy atom. The fourth-order valence-electron chi connectivity index (χ4n) is 11.0. The number of fused-ring (bicyclic) bond motifs is 7. The second-order valence-electron chi connectivity index (χ2n) is 14.3. The summed E-state index contributed by atoms with van der Waals surface area (Å²) in [6, 6.07) is 0. The van der Waals surface area contributed by atoms with Crippen LogP contribution >= 0.6 is 0 Å². The third kappa shape index (κ3) is 3.00. The number of carboxylic acid groups (broad SMARTS) is 2. The zero-order valence-electron chi connectivity index (χ0n) is 23.5. The molecule has 10 atom stereocenters. The topological polar surface area (TPSA) is 104 Å². The number of ether oxygens (including phenoxy) is 1. The average molecular weight is 515 g/mol. The molecule has 0 spiro atoms. The van der Waals surface area contributed by atoms with Crippen molar-refractivity contribution in [3.63, 3.8) is 0 Å². The molecule has 6 nitrogen and oxygen atoms in total. The summed E-state index contributed by atoms with van der Waals surface area (Å²) in [7, 11) is 1.80. The summed E-state index contributed by atoms with van der Waals surface area (Å²) < 4.78 is 5.93. The minimum atomic E-state index is -1.41. The van der Waals surface area contributed by atoms with Gasteiger partial charge in [0.15, 0.2) is 0 Å². The third-order valence-electron chi connectivity index (χ3n) is 13.0. The molecule has 5 rings (SSSR count). The van der Waals surface area contributed by atoms with Gasteiger partial charge in [-0.1, -0.05) is 52.8 Å². The Kier molecular flexibility index (Phi) is 5.95. The van der Waals surface area contributed by atoms with E-state index in [1.807, 2.05) is 6.92 Å². The second-order valence-corrected chi connectivity index (χ2v) is 14.3. The minimum absolute atomic E-state index is 0.0267. The van der Waals surface area contributed by atoms with E-state index in [-0.39, 0.29) is 35.2 Å². The van der Waals surface area contributed by atoms with Crippen molar-refractivity contribution >= 4 is 11.9 Å². The van der Waals surface area contributed by atoms with E-state index in [9.17, 15) is 24.9 Å². The summed E-state index contributed by atoms with van der Waals surface area (Å²) in [6.45, 7) is 15.5. The molecule has 5 aliphatic carbocycles. The number of carbonyl (C=O) groups is 2. The number of aliphatic carboxylic acids is 2. The lowest BCUT2D eigenvalue weighted by molar-refractivity contribution is -0.225. The lowest BCUT2D eigenvalue weighted by atomic mass is 9.33. The van der Waals surface area contributed by atoms with Crippen molar-refractivity contribution in [2.24, 2.45) is 50.7 Å². The molecule has 0 unspecified atom stereocenters. The van der Waals surface area contributed by atoms with Gasteiger partial charge in [-0.05, 0) is 90.9 Å². The van der Waals surface area contributed by atoms with E-state index >= 15 is 0 Å². The van der Waals surface area contributed by atoms with Gasteiger partial charge >= 0.3 is 11.9 Å². The lowest BCUT2D eigenvalue weighted by Crippen LogP contribution is -2.70. The first-order valence-electron chi connectivity index (χ1n) is 14.2. The first kappa shape index (κ1) is 26.9. The Morgan fingerprint density at radius 3 is 2.27 bits per heavy atom. The van der Waals surface area contributed by atoms with Crippen LogP contribution in [0.2, 0.25) is 0 Å². The number of methoxy groups -OCH3 is 1. The number of allylic oxidation sites excluding steroid dienone is 2. The quantitative estimate of drug-likeness (QED) is 0.418. The number of aliphatic hydroxyl groups excluding tert-OH is 1. The van der Waals surface area contributed by atoms with Crippen LogP contribution in [0.4, 0.5) is 0 Å². The third-order valence-corrected chi connectivity index (χ3v) is 13.0. The molecule has 4 fully saturated rings. The van der Waals surface area contributed by atoms with Gasteiger partial charge in [-0.25, -0.2) is 0 Å². The fraction of sp³-hybridized carbons (Fsp3) is 0.806. The van der Waals surface area contributed by atoms with Gasteiger partial charge in [0.1, 0.15) is 5.41 Å². The van der Waals surface area contributed by atoms with E-state index in [1.165, 1.54) is 0 Å². The van der Waals surface area contributed by atoms with Gasteiger partial charge in [-0.2, -0.15) is 0 Å². The van der Waals surface area contributed by atoms with E-state index in [4.69, 9.17) is 4.74 Å². The Morgan fingerprint density at radius 2 is 1.68 bits per heavy atom. The highest BCUT2D eigenvalue weighted by Gasteiger charge is 2.75. The van der Waals surface area contributed by atoms with Crippen molar-refractivity contribution in [1.29, 1.82) is 0 Å². The van der Waals surface area contributed by atoms with Crippen molar-refractivity contribution in [1.82, 2.24) is 0 Å². The molecule has 0 aliphatic heterocycles. The average Bonchev–Trinajstić information content (AvgIpc) is 2.80. The standard InChI is InChI=1S/C31H46O6/c1-17-10-15-30(25(33)34)22(32)16-31(26(35)36)19(24(30)18(17)2)8-9-21-28(5)13-12-23(37-7)27(3,4)20(28)11-14-29(21,31)6/h8,17,20-24,32H,2,9-16H2,1,3-7H3,(H,33,34)(H,35,36)/t17-,20+,21+,22-,23+,24+,28+,29-,30+,31-/m1/s1. The van der Waals surface area contributed by atoms with E-state index in [0.29, 0.717) is 18.8 Å². The maximum absolute atomic E-state index is 13.6. The van der Waals surface area contributed by atoms with E-state index < -0.39 is 40.2 Å². The summed E-state index contributed by atoms with van der Waals surface area (Å²) >= 11 is 0. The molecule has 37 heavy (non-hydrogen) atoms. The SMILES string of the molecule is C=C1[C@H]2C3=CC[C@H]4[C@@]5(C)CC[C@H](OC)C(C)(C)[C@@H]5CC[C@@]4(C)[C@]3(C(=O)O)C[C@@H](O)[C@@]2(C(=O)O)CC[C@H]1C. The molecule has 0 aromatic rings. The number of aliphatic hydroxyl groups is 1. The molecule has 0 bridgehead atoms. The molecule has 0 aromatic carbocycles. The molecular formula is C31H46O6. The number of carboxylic acids is 2. The minimum Gasteiger partial charge on any atom is -0.481 e. The first-order valence-corrected chi connectivity index (χ1v) is 14.2. The van der Waals surface area contributed by atoms with Crippen LogP contribution in [0.3, 0.4) is 0 Å². The number of hydrogen-bond donors (Lipinski definition) is 3. The molecule has 0 amide bonds. The molecule has 3 N–H and O–H groups in total. The monoisotopic (exact) mass is 514 g/mol. The van der Waals surface area contributed by atoms with Crippen molar-refractivity contribution < 1.29 is 29.6 Å². The Labute approximate surface area is 221 Å². The molecule has 5 aliphatic rings. The van der Waals surface area contributed by atoms with Crippen molar-refractivity contribution in [3.05, 3.63) is 23.8 Å². The largest absolute Gasteiger partial charge is 0.481 e. The predicted molar refractivity (Wildman–Crippen MR) is 141 cm³/mol. The van der Waals surface area contributed by atoms with Crippen molar-refractivity contribution in [2.45, 2.75) is 98.2 Å². The molecule has 0 aromatic heterocycles. The zero-order valence-corrected chi connectivity index (χ0v) is 23.5. The number of hydrogen-bond acceptors (Lipinski definition) is 4. The van der Waals surface area contributed by atoms with Crippen LogP contribution in [0, 0.1) is 50.7 Å². The summed E-state index contributed by atoms with van der Waals surface area (Å²) in [6.07, 6.45) is 6.28. The van der Waals surface area contributed by atoms with E-state index in [0.717, 1.165) is 43.3 Å². The molecule has 0 radical (unpaired) electrons. The van der Waals surface area contributed by atoms with Gasteiger partial charge in [0.2, 0.25) is 0 Å². The van der Waals surface area contributed by atoms with Crippen LogP contribution in [-0.4, -0.2) is 46.6 Å². The maximum atomic E-state index is 13.6.